The van der Waals surface area contributed by atoms with Gasteiger partial charge in [0, 0.05) is 24.0 Å². The number of carbonyl (C=O) groups is 6. The Morgan fingerprint density at radius 1 is 0.965 bits per heavy atom. The first-order valence-electron chi connectivity index (χ1n) is 19.6. The normalized spacial score (nSPS) is 21.7. The number of hydrogen-bond acceptors (Lipinski definition) is 11. The average Bonchev–Trinajstić information content (AvgIpc) is 3.87. The molecular formula is C41H60N8O7S. The van der Waals surface area contributed by atoms with Crippen LogP contribution in [0.25, 0.3) is 0 Å². The number of aliphatic imine (C=N–C) groups is 1. The van der Waals surface area contributed by atoms with E-state index in [2.05, 4.69) is 31.6 Å². The third-order valence-corrected chi connectivity index (χ3v) is 11.3. The molecule has 6 unspecified atom stereocenters. The molecule has 0 spiro atoms. The van der Waals surface area contributed by atoms with Gasteiger partial charge in [0.2, 0.25) is 29.5 Å². The van der Waals surface area contributed by atoms with E-state index < -0.39 is 76.7 Å². The van der Waals surface area contributed by atoms with Crippen molar-refractivity contribution in [3.8, 4) is 0 Å². The molecule has 57 heavy (non-hydrogen) atoms. The maximum absolute atomic E-state index is 14.7. The lowest BCUT2D eigenvalue weighted by Crippen LogP contribution is -2.64. The third-order valence-electron chi connectivity index (χ3n) is 10.4. The number of ether oxygens (including phenoxy) is 1. The van der Waals surface area contributed by atoms with Gasteiger partial charge in [0.05, 0.1) is 25.6 Å². The number of thiazole rings is 1. The van der Waals surface area contributed by atoms with Crippen LogP contribution in [0.15, 0.2) is 46.9 Å². The number of fused-ring (bicyclic) bond motifs is 1. The molecule has 0 aliphatic carbocycles. The van der Waals surface area contributed by atoms with Crippen molar-refractivity contribution in [2.45, 2.75) is 124 Å². The summed E-state index contributed by atoms with van der Waals surface area (Å²) in [6.45, 7) is 16.9. The number of amides is 5. The Labute approximate surface area is 340 Å². The van der Waals surface area contributed by atoms with Gasteiger partial charge < -0.3 is 36.2 Å². The predicted molar refractivity (Wildman–Crippen MR) is 218 cm³/mol. The van der Waals surface area contributed by atoms with Crippen LogP contribution in [0, 0.1) is 16.7 Å². The monoisotopic (exact) mass is 808 g/mol. The fraction of sp³-hybridized carbons (Fsp3) is 0.610. The number of methoxy groups -OCH3 is 1. The van der Waals surface area contributed by atoms with Gasteiger partial charge in [-0.1, -0.05) is 92.6 Å². The Balaban J connectivity index is 1.75. The van der Waals surface area contributed by atoms with E-state index in [4.69, 9.17) is 9.73 Å². The van der Waals surface area contributed by atoms with Crippen LogP contribution in [0.3, 0.4) is 0 Å². The lowest BCUT2D eigenvalue weighted by molar-refractivity contribution is -0.141. The number of aromatic nitrogens is 1. The Morgan fingerprint density at radius 3 is 2.23 bits per heavy atom. The molecule has 16 heteroatoms. The molecule has 5 N–H and O–H groups in total. The van der Waals surface area contributed by atoms with Crippen molar-refractivity contribution in [2.75, 3.05) is 20.2 Å². The number of benzene rings is 1. The number of nitrogens with zero attached hydrogens (tertiary/aromatic N) is 3. The summed E-state index contributed by atoms with van der Waals surface area (Å²) in [5, 5.41) is 17.5. The lowest BCUT2D eigenvalue weighted by atomic mass is 9.82. The zero-order valence-corrected chi connectivity index (χ0v) is 35.6. The first-order valence-corrected chi connectivity index (χ1v) is 20.4. The number of amidine groups is 1. The zero-order chi connectivity index (χ0) is 42.2. The van der Waals surface area contributed by atoms with Crippen LogP contribution in [0.4, 0.5) is 0 Å². The molecule has 2 aliphatic rings. The van der Waals surface area contributed by atoms with Crippen LogP contribution < -0.4 is 26.6 Å². The predicted octanol–water partition coefficient (Wildman–Crippen LogP) is 3.23. The molecular weight excluding hydrogens is 749 g/mol. The van der Waals surface area contributed by atoms with Crippen LogP contribution in [-0.4, -0.2) is 102 Å². The summed E-state index contributed by atoms with van der Waals surface area (Å²) in [6, 6.07) is 3.88. The molecule has 15 nitrogen and oxygen atoms in total. The SMILES string of the molecule is COC(=O)CC(NC(=O)C(NC(=O)C(NC1=NCC(=O)N2CCCC2C(=O)N[C@@H](C(C)C)C(=O)NC1C(C)(C)C)C(C)(C)C)C(C)c1ccccc1)c1nccs1. The van der Waals surface area contributed by atoms with Gasteiger partial charge >= 0.3 is 5.97 Å². The van der Waals surface area contributed by atoms with E-state index in [0.717, 1.165) is 5.56 Å². The zero-order valence-electron chi connectivity index (χ0n) is 34.8. The van der Waals surface area contributed by atoms with Crippen molar-refractivity contribution >= 4 is 52.7 Å². The van der Waals surface area contributed by atoms with Crippen LogP contribution in [-0.2, 0) is 33.5 Å². The van der Waals surface area contributed by atoms with E-state index in [9.17, 15) is 28.8 Å². The molecule has 0 radical (unpaired) electrons. The van der Waals surface area contributed by atoms with Crippen molar-refractivity contribution < 1.29 is 33.5 Å². The first kappa shape index (κ1) is 44.8. The summed E-state index contributed by atoms with van der Waals surface area (Å²) in [4.78, 5) is 93.3. The quantitative estimate of drug-likeness (QED) is 0.212. The summed E-state index contributed by atoms with van der Waals surface area (Å²) < 4.78 is 4.91. The minimum Gasteiger partial charge on any atom is -0.469 e. The third kappa shape index (κ3) is 11.6. The number of hydrogen-bond donors (Lipinski definition) is 5. The highest BCUT2D eigenvalue weighted by atomic mass is 32.1. The maximum Gasteiger partial charge on any atom is 0.308 e. The molecule has 0 bridgehead atoms. The van der Waals surface area contributed by atoms with E-state index in [1.54, 1.807) is 11.6 Å². The van der Waals surface area contributed by atoms with Crippen LogP contribution in [0.5, 0.6) is 0 Å². The van der Waals surface area contributed by atoms with Gasteiger partial charge in [-0.05, 0) is 35.2 Å². The summed E-state index contributed by atoms with van der Waals surface area (Å²) in [6.07, 6.45) is 2.52. The minimum atomic E-state index is -1.12. The van der Waals surface area contributed by atoms with Crippen molar-refractivity contribution in [1.82, 2.24) is 36.5 Å². The van der Waals surface area contributed by atoms with Gasteiger partial charge in [-0.2, -0.15) is 0 Å². The van der Waals surface area contributed by atoms with E-state index in [1.165, 1.54) is 23.3 Å². The van der Waals surface area contributed by atoms with Gasteiger partial charge in [0.25, 0.3) is 0 Å². The first-order chi connectivity index (χ1) is 26.7. The summed E-state index contributed by atoms with van der Waals surface area (Å²) >= 11 is 1.28. The molecule has 1 aromatic carbocycles. The number of rotatable bonds is 11. The molecule has 0 saturated carbocycles. The van der Waals surface area contributed by atoms with Crippen molar-refractivity contribution in [1.29, 1.82) is 0 Å². The molecule has 1 saturated heterocycles. The van der Waals surface area contributed by atoms with Crippen LogP contribution in [0.1, 0.15) is 104 Å². The second kappa shape index (κ2) is 19.1. The smallest absolute Gasteiger partial charge is 0.308 e. The molecule has 3 heterocycles. The van der Waals surface area contributed by atoms with E-state index in [1.807, 2.05) is 92.6 Å². The fourth-order valence-electron chi connectivity index (χ4n) is 7.06. The van der Waals surface area contributed by atoms with E-state index in [0.29, 0.717) is 24.4 Å². The topological polar surface area (TPSA) is 200 Å². The van der Waals surface area contributed by atoms with Gasteiger partial charge in [0.1, 0.15) is 41.6 Å². The summed E-state index contributed by atoms with van der Waals surface area (Å²) in [7, 11) is 1.27. The van der Waals surface area contributed by atoms with E-state index >= 15 is 0 Å². The Hall–Kier alpha value is -4.86. The van der Waals surface area contributed by atoms with Crippen LogP contribution >= 0.6 is 11.3 Å². The number of nitrogens with one attached hydrogen (secondary N) is 5. The molecule has 312 valence electrons. The second-order valence-corrected chi connectivity index (χ2v) is 18.3. The highest BCUT2D eigenvalue weighted by molar-refractivity contribution is 7.09. The fourth-order valence-corrected chi connectivity index (χ4v) is 7.75. The highest BCUT2D eigenvalue weighted by Crippen LogP contribution is 2.28. The van der Waals surface area contributed by atoms with Gasteiger partial charge in [-0.15, -0.1) is 11.3 Å². The maximum atomic E-state index is 14.7. The van der Waals surface area contributed by atoms with Gasteiger partial charge in [-0.25, -0.2) is 4.98 Å². The van der Waals surface area contributed by atoms with Crippen molar-refractivity contribution in [2.24, 2.45) is 21.7 Å². The molecule has 1 aromatic heterocycles. The molecule has 2 aromatic rings. The largest absolute Gasteiger partial charge is 0.469 e. The number of esters is 1. The van der Waals surface area contributed by atoms with Gasteiger partial charge in [-0.3, -0.25) is 33.8 Å². The number of carbonyl (C=O) groups excluding carboxylic acids is 6. The molecule has 1 fully saturated rings. The molecule has 2 aliphatic heterocycles. The Morgan fingerprint density at radius 2 is 1.65 bits per heavy atom. The average molecular weight is 809 g/mol. The van der Waals surface area contributed by atoms with Crippen LogP contribution in [0.2, 0.25) is 0 Å². The Kier molecular flexibility index (Phi) is 15.0. The molecule has 7 atom stereocenters. The van der Waals surface area contributed by atoms with E-state index in [-0.39, 0.29) is 36.5 Å². The molecule has 4 rings (SSSR count). The molecule has 5 amide bonds. The highest BCUT2D eigenvalue weighted by Gasteiger charge is 2.43. The van der Waals surface area contributed by atoms with Gasteiger partial charge in [0.15, 0.2) is 0 Å². The second-order valence-electron chi connectivity index (χ2n) is 17.3. The summed E-state index contributed by atoms with van der Waals surface area (Å²) in [5.74, 6) is -3.34. The van der Waals surface area contributed by atoms with Crippen molar-refractivity contribution in [3.05, 3.63) is 52.5 Å². The summed E-state index contributed by atoms with van der Waals surface area (Å²) in [5.41, 5.74) is -0.696. The minimum absolute atomic E-state index is 0.166. The lowest BCUT2D eigenvalue weighted by Gasteiger charge is -2.39. The standard InChI is InChI=1S/C41H60N8O7S/c1-23(2)30-36(53)48-32(40(4,5)6)34(43-22-28(50)49-19-14-17-27(49)35(52)45-30)47-33(41(7,8)9)38(55)46-31(24(3)25-15-12-11-13-16-25)37(54)44-26(21-29(51)56-10)39-42-18-20-57-39/h11-13,15-16,18,20,23-24,26-27,30-33H,14,17,19,21-22H2,1-10H3,(H,43,47)(H,44,54)(H,45,52)(H,46,55)(H,48,53)/t24?,26?,27?,30-,31?,32?,33?/m0/s1. The van der Waals surface area contributed by atoms with Crippen molar-refractivity contribution in [3.63, 3.8) is 0 Å². The Bertz CT molecular complexity index is 1770.